The lowest BCUT2D eigenvalue weighted by Crippen LogP contribution is -2.36. The molecule has 1 atom stereocenters. The Morgan fingerprint density at radius 1 is 1.12 bits per heavy atom. The second-order valence-electron chi connectivity index (χ2n) is 8.75. The first-order valence-corrected chi connectivity index (χ1v) is 12.2. The largest absolute Gasteiger partial charge is 0.385 e. The second kappa shape index (κ2) is 8.26. The van der Waals surface area contributed by atoms with Crippen LogP contribution in [0.1, 0.15) is 48.1 Å². The number of aliphatic hydroxyl groups excluding tert-OH is 1. The molecule has 2 N–H and O–H groups in total. The van der Waals surface area contributed by atoms with E-state index in [0.717, 1.165) is 60.8 Å². The van der Waals surface area contributed by atoms with Crippen LogP contribution in [0, 0.1) is 5.92 Å². The summed E-state index contributed by atoms with van der Waals surface area (Å²) < 4.78 is 0. The Balaban J connectivity index is 1.36. The maximum absolute atomic E-state index is 10.7. The third-order valence-corrected chi connectivity index (χ3v) is 7.99. The van der Waals surface area contributed by atoms with Gasteiger partial charge in [-0.3, -0.25) is 4.98 Å². The molecule has 0 spiro atoms. The first-order valence-electron chi connectivity index (χ1n) is 11.4. The fourth-order valence-corrected chi connectivity index (χ4v) is 6.34. The average molecular weight is 447 g/mol. The standard InChI is InChI=1S/C24H26N6OS/c31-20(22-26-10-11-27-22)15-7-12-30(13-8-15)23-19-17-5-1-2-6-18(17)32-24(19)29-21(28-23)16-4-3-9-25-14-16/h3-4,9-11,14-15,20,31H,1-2,5-8,12-13H2,(H,26,27). The molecule has 1 unspecified atom stereocenters. The van der Waals surface area contributed by atoms with E-state index in [2.05, 4.69) is 19.9 Å². The van der Waals surface area contributed by atoms with Crippen LogP contribution in [0.4, 0.5) is 5.82 Å². The highest BCUT2D eigenvalue weighted by atomic mass is 32.1. The quantitative estimate of drug-likeness (QED) is 0.486. The van der Waals surface area contributed by atoms with E-state index in [1.807, 2.05) is 29.7 Å². The van der Waals surface area contributed by atoms with Crippen molar-refractivity contribution in [1.82, 2.24) is 24.9 Å². The third kappa shape index (κ3) is 3.47. The molecule has 0 saturated carbocycles. The zero-order valence-electron chi connectivity index (χ0n) is 17.9. The molecule has 0 amide bonds. The fourth-order valence-electron chi connectivity index (χ4n) is 5.08. The zero-order chi connectivity index (χ0) is 21.5. The number of aryl methyl sites for hydroxylation is 2. The number of rotatable bonds is 4. The van der Waals surface area contributed by atoms with Gasteiger partial charge < -0.3 is 15.0 Å². The van der Waals surface area contributed by atoms with E-state index in [0.29, 0.717) is 5.82 Å². The molecule has 1 aliphatic heterocycles. The fraction of sp³-hybridized carbons (Fsp3) is 0.417. The molecule has 8 heteroatoms. The van der Waals surface area contributed by atoms with Gasteiger partial charge in [-0.25, -0.2) is 15.0 Å². The molecule has 0 aromatic carbocycles. The van der Waals surface area contributed by atoms with Crippen LogP contribution in [0.3, 0.4) is 0 Å². The van der Waals surface area contributed by atoms with Crippen LogP contribution < -0.4 is 4.90 Å². The summed E-state index contributed by atoms with van der Waals surface area (Å²) in [6, 6.07) is 3.96. The number of pyridine rings is 1. The topological polar surface area (TPSA) is 90.8 Å². The van der Waals surface area contributed by atoms with Crippen molar-refractivity contribution in [3.63, 3.8) is 0 Å². The Kier molecular flexibility index (Phi) is 5.11. The molecule has 6 rings (SSSR count). The number of aliphatic hydroxyl groups is 1. The second-order valence-corrected chi connectivity index (χ2v) is 9.83. The van der Waals surface area contributed by atoms with Crippen molar-refractivity contribution in [3.05, 3.63) is 53.2 Å². The highest BCUT2D eigenvalue weighted by Gasteiger charge is 2.30. The first kappa shape index (κ1) is 19.8. The van der Waals surface area contributed by atoms with Gasteiger partial charge in [0.05, 0.1) is 5.39 Å². The normalized spacial score (nSPS) is 18.1. The molecule has 1 fully saturated rings. The van der Waals surface area contributed by atoms with Crippen LogP contribution in [-0.2, 0) is 12.8 Å². The Morgan fingerprint density at radius 3 is 2.78 bits per heavy atom. The summed E-state index contributed by atoms with van der Waals surface area (Å²) >= 11 is 1.84. The van der Waals surface area contributed by atoms with Gasteiger partial charge in [-0.2, -0.15) is 0 Å². The minimum absolute atomic E-state index is 0.198. The monoisotopic (exact) mass is 446 g/mol. The minimum atomic E-state index is -0.544. The van der Waals surface area contributed by atoms with Crippen molar-refractivity contribution >= 4 is 27.4 Å². The van der Waals surface area contributed by atoms with Gasteiger partial charge in [-0.05, 0) is 62.1 Å². The molecular formula is C24H26N6OS. The number of imidazole rings is 1. The molecule has 164 valence electrons. The highest BCUT2D eigenvalue weighted by molar-refractivity contribution is 7.19. The Morgan fingerprint density at radius 2 is 2.00 bits per heavy atom. The zero-order valence-corrected chi connectivity index (χ0v) is 18.7. The first-order chi connectivity index (χ1) is 15.8. The lowest BCUT2D eigenvalue weighted by atomic mass is 9.90. The van der Waals surface area contributed by atoms with E-state index in [9.17, 15) is 5.11 Å². The predicted octanol–water partition coefficient (Wildman–Crippen LogP) is 4.31. The van der Waals surface area contributed by atoms with Crippen LogP contribution in [-0.4, -0.2) is 43.1 Å². The SMILES string of the molecule is OC(c1ncc[nH]1)C1CCN(c2nc(-c3cccnc3)nc3sc4c(c23)CCCC4)CC1. The molecule has 1 aliphatic carbocycles. The number of thiophene rings is 1. The number of hydrogen-bond acceptors (Lipinski definition) is 7. The summed E-state index contributed by atoms with van der Waals surface area (Å²) in [7, 11) is 0. The number of H-pyrrole nitrogens is 1. The maximum Gasteiger partial charge on any atom is 0.164 e. The van der Waals surface area contributed by atoms with Crippen molar-refractivity contribution < 1.29 is 5.11 Å². The smallest absolute Gasteiger partial charge is 0.164 e. The van der Waals surface area contributed by atoms with Crippen molar-refractivity contribution in [1.29, 1.82) is 0 Å². The Labute approximate surface area is 190 Å². The maximum atomic E-state index is 10.7. The van der Waals surface area contributed by atoms with E-state index in [1.165, 1.54) is 28.7 Å². The highest BCUT2D eigenvalue weighted by Crippen LogP contribution is 2.42. The Bertz CT molecular complexity index is 1210. The van der Waals surface area contributed by atoms with E-state index < -0.39 is 6.10 Å². The molecular weight excluding hydrogens is 420 g/mol. The number of nitrogens with one attached hydrogen (secondary N) is 1. The summed E-state index contributed by atoms with van der Waals surface area (Å²) in [4.78, 5) is 26.6. The van der Waals surface area contributed by atoms with Crippen LogP contribution in [0.15, 0.2) is 36.9 Å². The van der Waals surface area contributed by atoms with E-state index in [1.54, 1.807) is 18.6 Å². The number of aromatic nitrogens is 5. The summed E-state index contributed by atoms with van der Waals surface area (Å²) in [5.74, 6) is 2.67. The van der Waals surface area contributed by atoms with Crippen molar-refractivity contribution in [3.8, 4) is 11.4 Å². The molecule has 32 heavy (non-hydrogen) atoms. The lowest BCUT2D eigenvalue weighted by Gasteiger charge is -2.35. The van der Waals surface area contributed by atoms with Gasteiger partial charge >= 0.3 is 0 Å². The van der Waals surface area contributed by atoms with Gasteiger partial charge in [0.2, 0.25) is 0 Å². The lowest BCUT2D eigenvalue weighted by molar-refractivity contribution is 0.0856. The molecule has 0 radical (unpaired) electrons. The number of hydrogen-bond donors (Lipinski definition) is 2. The van der Waals surface area contributed by atoms with Gasteiger partial charge in [0.1, 0.15) is 22.6 Å². The van der Waals surface area contributed by atoms with Gasteiger partial charge in [0.25, 0.3) is 0 Å². The van der Waals surface area contributed by atoms with E-state index >= 15 is 0 Å². The van der Waals surface area contributed by atoms with E-state index in [4.69, 9.17) is 9.97 Å². The number of nitrogens with zero attached hydrogens (tertiary/aromatic N) is 5. The van der Waals surface area contributed by atoms with E-state index in [-0.39, 0.29) is 5.92 Å². The molecule has 7 nitrogen and oxygen atoms in total. The number of fused-ring (bicyclic) bond motifs is 3. The van der Waals surface area contributed by atoms with Crippen LogP contribution in [0.25, 0.3) is 21.6 Å². The third-order valence-electron chi connectivity index (χ3n) is 6.80. The van der Waals surface area contributed by atoms with Crippen LogP contribution >= 0.6 is 11.3 Å². The number of aromatic amines is 1. The van der Waals surface area contributed by atoms with Gasteiger partial charge in [0.15, 0.2) is 5.82 Å². The summed E-state index contributed by atoms with van der Waals surface area (Å²) in [5, 5.41) is 12.0. The molecule has 5 heterocycles. The molecule has 1 saturated heterocycles. The minimum Gasteiger partial charge on any atom is -0.385 e. The number of piperidine rings is 1. The molecule has 0 bridgehead atoms. The van der Waals surface area contributed by atoms with Crippen LogP contribution in [0.2, 0.25) is 0 Å². The number of anilines is 1. The summed E-state index contributed by atoms with van der Waals surface area (Å²) in [5.41, 5.74) is 2.41. The summed E-state index contributed by atoms with van der Waals surface area (Å²) in [6.45, 7) is 1.73. The molecule has 4 aromatic rings. The van der Waals surface area contributed by atoms with Crippen molar-refractivity contribution in [2.45, 2.75) is 44.6 Å². The predicted molar refractivity (Wildman–Crippen MR) is 126 cm³/mol. The van der Waals surface area contributed by atoms with Crippen molar-refractivity contribution in [2.24, 2.45) is 5.92 Å². The van der Waals surface area contributed by atoms with Gasteiger partial charge in [-0.15, -0.1) is 11.3 Å². The van der Waals surface area contributed by atoms with Crippen LogP contribution in [0.5, 0.6) is 0 Å². The van der Waals surface area contributed by atoms with Gasteiger partial charge in [-0.1, -0.05) is 0 Å². The summed E-state index contributed by atoms with van der Waals surface area (Å²) in [6.07, 6.45) is 13.1. The molecule has 4 aromatic heterocycles. The van der Waals surface area contributed by atoms with Gasteiger partial charge in [0, 0.05) is 48.3 Å². The average Bonchev–Trinajstić information content (AvgIpc) is 3.52. The van der Waals surface area contributed by atoms with Crippen molar-refractivity contribution in [2.75, 3.05) is 18.0 Å². The molecule has 2 aliphatic rings. The Hall–Kier alpha value is -2.84.